The molecule has 0 amide bonds. The summed E-state index contributed by atoms with van der Waals surface area (Å²) in [4.78, 5) is 10.7. The summed E-state index contributed by atoms with van der Waals surface area (Å²) in [6, 6.07) is 2.85. The molecule has 0 aliphatic carbocycles. The number of halogens is 1. The van der Waals surface area contributed by atoms with Gasteiger partial charge in [0.15, 0.2) is 0 Å². The first kappa shape index (κ1) is 13.4. The zero-order valence-electron chi connectivity index (χ0n) is 9.87. The average molecular weight is 241 g/mol. The van der Waals surface area contributed by atoms with E-state index in [-0.39, 0.29) is 18.8 Å². The predicted molar refractivity (Wildman–Crippen MR) is 61.7 cm³/mol. The van der Waals surface area contributed by atoms with E-state index in [2.05, 4.69) is 0 Å². The quantitative estimate of drug-likeness (QED) is 0.822. The number of aliphatic carboxylic acids is 1. The number of benzene rings is 1. The molecule has 5 heteroatoms. The van der Waals surface area contributed by atoms with Crippen molar-refractivity contribution >= 4 is 5.97 Å². The van der Waals surface area contributed by atoms with E-state index >= 15 is 0 Å². The highest BCUT2D eigenvalue weighted by molar-refractivity contribution is 5.68. The minimum absolute atomic E-state index is 0.130. The van der Waals surface area contributed by atoms with E-state index in [9.17, 15) is 9.18 Å². The molecule has 0 radical (unpaired) electrons. The largest absolute Gasteiger partial charge is 0.496 e. The Morgan fingerprint density at radius 2 is 2.24 bits per heavy atom. The van der Waals surface area contributed by atoms with Crippen molar-refractivity contribution in [1.82, 2.24) is 0 Å². The van der Waals surface area contributed by atoms with Crippen molar-refractivity contribution in [3.63, 3.8) is 0 Å². The summed E-state index contributed by atoms with van der Waals surface area (Å²) in [6.45, 7) is 1.75. The highest BCUT2D eigenvalue weighted by Gasteiger charge is 2.19. The second-order valence-electron chi connectivity index (χ2n) is 3.87. The van der Waals surface area contributed by atoms with Crippen LogP contribution >= 0.6 is 0 Å². The number of nitrogens with two attached hydrogens (primary N) is 1. The van der Waals surface area contributed by atoms with Crippen LogP contribution in [0.4, 0.5) is 4.39 Å². The van der Waals surface area contributed by atoms with Gasteiger partial charge in [-0.05, 0) is 31.2 Å². The van der Waals surface area contributed by atoms with E-state index in [0.717, 1.165) is 0 Å². The van der Waals surface area contributed by atoms with Crippen LogP contribution in [0.3, 0.4) is 0 Å². The Balaban J connectivity index is 3.17. The van der Waals surface area contributed by atoms with Crippen LogP contribution in [0.2, 0.25) is 0 Å². The molecule has 1 aromatic carbocycles. The zero-order valence-corrected chi connectivity index (χ0v) is 9.87. The molecule has 0 aromatic heterocycles. The summed E-state index contributed by atoms with van der Waals surface area (Å²) >= 11 is 0. The number of hydrogen-bond donors (Lipinski definition) is 2. The molecule has 0 aliphatic heterocycles. The standard InChI is InChI=1S/C12H16FNO3/c1-7-3-11(17-2)9(5-10(7)13)8(6-14)4-12(15)16/h3,5,8H,4,6,14H2,1-2H3,(H,15,16). The molecule has 3 N–H and O–H groups in total. The Morgan fingerprint density at radius 1 is 1.59 bits per heavy atom. The minimum Gasteiger partial charge on any atom is -0.496 e. The maximum Gasteiger partial charge on any atom is 0.304 e. The van der Waals surface area contributed by atoms with Crippen LogP contribution in [-0.2, 0) is 4.79 Å². The SMILES string of the molecule is COc1cc(C)c(F)cc1C(CN)CC(=O)O. The summed E-state index contributed by atoms with van der Waals surface area (Å²) in [7, 11) is 1.46. The van der Waals surface area contributed by atoms with Crippen LogP contribution in [-0.4, -0.2) is 24.7 Å². The smallest absolute Gasteiger partial charge is 0.304 e. The molecule has 0 fully saturated rings. The number of hydrogen-bond acceptors (Lipinski definition) is 3. The van der Waals surface area contributed by atoms with Crippen LogP contribution < -0.4 is 10.5 Å². The van der Waals surface area contributed by atoms with E-state index in [1.54, 1.807) is 13.0 Å². The van der Waals surface area contributed by atoms with Crippen LogP contribution in [0.15, 0.2) is 12.1 Å². The van der Waals surface area contributed by atoms with Gasteiger partial charge in [0.1, 0.15) is 11.6 Å². The fourth-order valence-corrected chi connectivity index (χ4v) is 1.70. The third-order valence-corrected chi connectivity index (χ3v) is 2.66. The lowest BCUT2D eigenvalue weighted by Gasteiger charge is -2.17. The molecule has 0 saturated carbocycles. The number of rotatable bonds is 5. The van der Waals surface area contributed by atoms with Crippen LogP contribution in [0.5, 0.6) is 5.75 Å². The Hall–Kier alpha value is -1.62. The monoisotopic (exact) mass is 241 g/mol. The van der Waals surface area contributed by atoms with Crippen molar-refractivity contribution in [2.75, 3.05) is 13.7 Å². The van der Waals surface area contributed by atoms with Gasteiger partial charge in [-0.1, -0.05) is 0 Å². The Kier molecular flexibility index (Phi) is 4.45. The molecule has 0 spiro atoms. The van der Waals surface area contributed by atoms with Crippen molar-refractivity contribution in [3.8, 4) is 5.75 Å². The summed E-state index contributed by atoms with van der Waals surface area (Å²) < 4.78 is 18.6. The van der Waals surface area contributed by atoms with Crippen LogP contribution in [0, 0.1) is 12.7 Å². The maximum atomic E-state index is 13.5. The molecule has 94 valence electrons. The lowest BCUT2D eigenvalue weighted by molar-refractivity contribution is -0.137. The minimum atomic E-state index is -0.969. The number of methoxy groups -OCH3 is 1. The fraction of sp³-hybridized carbons (Fsp3) is 0.417. The summed E-state index contributed by atoms with van der Waals surface area (Å²) in [5, 5.41) is 8.77. The normalized spacial score (nSPS) is 12.2. The Labute approximate surface area is 99.2 Å². The average Bonchev–Trinajstić information content (AvgIpc) is 2.28. The third kappa shape index (κ3) is 3.17. The maximum absolute atomic E-state index is 13.5. The van der Waals surface area contributed by atoms with Gasteiger partial charge in [0, 0.05) is 11.5 Å². The first-order valence-corrected chi connectivity index (χ1v) is 5.25. The van der Waals surface area contributed by atoms with E-state index < -0.39 is 11.9 Å². The fourth-order valence-electron chi connectivity index (χ4n) is 1.70. The number of carbonyl (C=O) groups is 1. The molecule has 1 unspecified atom stereocenters. The summed E-state index contributed by atoms with van der Waals surface area (Å²) in [5.74, 6) is -1.33. The van der Waals surface area contributed by atoms with E-state index in [1.165, 1.54) is 13.2 Å². The van der Waals surface area contributed by atoms with Gasteiger partial charge in [0.05, 0.1) is 13.5 Å². The van der Waals surface area contributed by atoms with Gasteiger partial charge < -0.3 is 15.6 Å². The van der Waals surface area contributed by atoms with Crippen molar-refractivity contribution in [3.05, 3.63) is 29.1 Å². The van der Waals surface area contributed by atoms with E-state index in [4.69, 9.17) is 15.6 Å². The van der Waals surface area contributed by atoms with Gasteiger partial charge in [0.2, 0.25) is 0 Å². The van der Waals surface area contributed by atoms with E-state index in [1.807, 2.05) is 0 Å². The highest BCUT2D eigenvalue weighted by atomic mass is 19.1. The topological polar surface area (TPSA) is 72.5 Å². The molecular weight excluding hydrogens is 225 g/mol. The Bertz CT molecular complexity index is 420. The molecule has 1 aromatic rings. The summed E-state index contributed by atoms with van der Waals surface area (Å²) in [5.41, 5.74) is 6.48. The third-order valence-electron chi connectivity index (χ3n) is 2.66. The van der Waals surface area contributed by atoms with E-state index in [0.29, 0.717) is 16.9 Å². The molecule has 1 rings (SSSR count). The molecule has 0 bridgehead atoms. The predicted octanol–water partition coefficient (Wildman–Crippen LogP) is 1.66. The van der Waals surface area contributed by atoms with Gasteiger partial charge in [-0.2, -0.15) is 0 Å². The van der Waals surface area contributed by atoms with Crippen molar-refractivity contribution in [2.45, 2.75) is 19.3 Å². The Morgan fingerprint density at radius 3 is 2.71 bits per heavy atom. The molecule has 0 aliphatic rings. The highest BCUT2D eigenvalue weighted by Crippen LogP contribution is 2.30. The molecule has 4 nitrogen and oxygen atoms in total. The summed E-state index contributed by atoms with van der Waals surface area (Å²) in [6.07, 6.45) is -0.143. The van der Waals surface area contributed by atoms with Gasteiger partial charge in [0.25, 0.3) is 0 Å². The van der Waals surface area contributed by atoms with Gasteiger partial charge >= 0.3 is 5.97 Å². The molecular formula is C12H16FNO3. The number of aryl methyl sites for hydroxylation is 1. The van der Waals surface area contributed by atoms with Crippen molar-refractivity contribution in [1.29, 1.82) is 0 Å². The van der Waals surface area contributed by atoms with Gasteiger partial charge in [-0.3, -0.25) is 4.79 Å². The second kappa shape index (κ2) is 5.63. The van der Waals surface area contributed by atoms with Crippen molar-refractivity contribution in [2.24, 2.45) is 5.73 Å². The van der Waals surface area contributed by atoms with Gasteiger partial charge in [-0.25, -0.2) is 4.39 Å². The first-order valence-electron chi connectivity index (χ1n) is 5.25. The number of carboxylic acids is 1. The number of carboxylic acid groups (broad SMARTS) is 1. The molecule has 1 atom stereocenters. The van der Waals surface area contributed by atoms with Crippen LogP contribution in [0.1, 0.15) is 23.5 Å². The van der Waals surface area contributed by atoms with Crippen LogP contribution in [0.25, 0.3) is 0 Å². The zero-order chi connectivity index (χ0) is 13.0. The molecule has 0 heterocycles. The second-order valence-corrected chi connectivity index (χ2v) is 3.87. The number of ether oxygens (including phenoxy) is 1. The first-order chi connectivity index (χ1) is 7.99. The molecule has 0 saturated heterocycles. The van der Waals surface area contributed by atoms with Gasteiger partial charge in [-0.15, -0.1) is 0 Å². The van der Waals surface area contributed by atoms with Crippen molar-refractivity contribution < 1.29 is 19.0 Å². The lowest BCUT2D eigenvalue weighted by atomic mass is 9.94. The lowest BCUT2D eigenvalue weighted by Crippen LogP contribution is -2.17. The molecule has 17 heavy (non-hydrogen) atoms.